The molecule has 0 amide bonds. The molecule has 0 aliphatic rings. The molecule has 3 rings (SSSR count). The molecule has 8 heteroatoms. The fourth-order valence-corrected chi connectivity index (χ4v) is 3.41. The molecule has 0 saturated heterocycles. The Bertz CT molecular complexity index is 1030. The summed E-state index contributed by atoms with van der Waals surface area (Å²) in [7, 11) is 1.59. The molecule has 0 aliphatic carbocycles. The molecule has 2 N–H and O–H groups in total. The molecule has 30 heavy (non-hydrogen) atoms. The highest BCUT2D eigenvalue weighted by Gasteiger charge is 2.11. The molecule has 0 atom stereocenters. The topological polar surface area (TPSA) is 54.9 Å². The maximum atomic E-state index is 5.94. The van der Waals surface area contributed by atoms with Crippen LogP contribution in [0.25, 0.3) is 0 Å². The number of methoxy groups -OCH3 is 1. The van der Waals surface area contributed by atoms with Crippen LogP contribution in [0.5, 0.6) is 11.5 Å². The number of hydrogen-bond acceptors (Lipinski definition) is 4. The van der Waals surface area contributed by atoms with Crippen LogP contribution in [0.3, 0.4) is 0 Å². The average molecular weight is 505 g/mol. The first-order chi connectivity index (χ1) is 14.5. The number of nitrogens with zero attached hydrogens (tertiary/aromatic N) is 1. The number of hydrogen-bond donors (Lipinski definition) is 2. The van der Waals surface area contributed by atoms with Gasteiger partial charge in [-0.2, -0.15) is 5.10 Å². The first-order valence-electron chi connectivity index (χ1n) is 8.95. The SMILES string of the molecule is COc1cc(/C=N\NC(=S)Nc2ccccc2)cc(Br)c1OCc1ccc(Cl)cc1. The molecule has 0 aliphatic heterocycles. The van der Waals surface area contributed by atoms with Crippen molar-refractivity contribution in [3.05, 3.63) is 87.4 Å². The maximum absolute atomic E-state index is 5.94. The number of thiocarbonyl (C=S) groups is 1. The van der Waals surface area contributed by atoms with Crippen molar-refractivity contribution >= 4 is 56.8 Å². The van der Waals surface area contributed by atoms with Crippen LogP contribution in [0.2, 0.25) is 5.02 Å². The van der Waals surface area contributed by atoms with E-state index in [0.717, 1.165) is 21.3 Å². The smallest absolute Gasteiger partial charge is 0.191 e. The van der Waals surface area contributed by atoms with Gasteiger partial charge in [0, 0.05) is 10.7 Å². The van der Waals surface area contributed by atoms with E-state index < -0.39 is 0 Å². The van der Waals surface area contributed by atoms with Crippen LogP contribution >= 0.6 is 39.7 Å². The lowest BCUT2D eigenvalue weighted by Crippen LogP contribution is -2.23. The van der Waals surface area contributed by atoms with Crippen LogP contribution in [0, 0.1) is 0 Å². The summed E-state index contributed by atoms with van der Waals surface area (Å²) in [6, 6.07) is 20.8. The Kier molecular flexibility index (Phi) is 8.07. The predicted octanol–water partition coefficient (Wildman–Crippen LogP) is 6.01. The molecule has 0 saturated carbocycles. The number of nitrogens with one attached hydrogen (secondary N) is 2. The molecule has 0 fully saturated rings. The Labute approximate surface area is 194 Å². The van der Waals surface area contributed by atoms with Gasteiger partial charge in [-0.1, -0.05) is 41.9 Å². The number of halogens is 2. The zero-order chi connectivity index (χ0) is 21.3. The van der Waals surface area contributed by atoms with Crippen LogP contribution in [0.15, 0.2) is 76.3 Å². The Morgan fingerprint density at radius 1 is 1.13 bits per heavy atom. The highest BCUT2D eigenvalue weighted by molar-refractivity contribution is 9.10. The Morgan fingerprint density at radius 3 is 2.57 bits per heavy atom. The van der Waals surface area contributed by atoms with Crippen molar-refractivity contribution in [1.29, 1.82) is 0 Å². The van der Waals surface area contributed by atoms with E-state index in [9.17, 15) is 0 Å². The van der Waals surface area contributed by atoms with Gasteiger partial charge in [0.2, 0.25) is 0 Å². The Balaban J connectivity index is 1.63. The largest absolute Gasteiger partial charge is 0.493 e. The summed E-state index contributed by atoms with van der Waals surface area (Å²) in [6.07, 6.45) is 1.65. The first-order valence-corrected chi connectivity index (χ1v) is 10.5. The molecule has 0 heterocycles. The van der Waals surface area contributed by atoms with Crippen LogP contribution < -0.4 is 20.2 Å². The molecule has 0 spiro atoms. The van der Waals surface area contributed by atoms with E-state index in [1.807, 2.05) is 66.7 Å². The minimum atomic E-state index is 0.389. The van der Waals surface area contributed by atoms with Gasteiger partial charge in [0.05, 0.1) is 17.8 Å². The second kappa shape index (κ2) is 11.0. The summed E-state index contributed by atoms with van der Waals surface area (Å²) < 4.78 is 12.2. The molecule has 0 unspecified atom stereocenters. The van der Waals surface area contributed by atoms with Crippen molar-refractivity contribution in [3.8, 4) is 11.5 Å². The lowest BCUT2D eigenvalue weighted by Gasteiger charge is -2.13. The second-order valence-electron chi connectivity index (χ2n) is 6.14. The molecular weight excluding hydrogens is 486 g/mol. The van der Waals surface area contributed by atoms with Crippen molar-refractivity contribution in [2.75, 3.05) is 12.4 Å². The van der Waals surface area contributed by atoms with Gasteiger partial charge in [-0.25, -0.2) is 0 Å². The normalized spacial score (nSPS) is 10.6. The predicted molar refractivity (Wildman–Crippen MR) is 130 cm³/mol. The van der Waals surface area contributed by atoms with Crippen molar-refractivity contribution in [1.82, 2.24) is 5.43 Å². The number of benzene rings is 3. The third-order valence-electron chi connectivity index (χ3n) is 3.96. The van der Waals surface area contributed by atoms with E-state index in [1.54, 1.807) is 13.3 Å². The molecule has 0 radical (unpaired) electrons. The third kappa shape index (κ3) is 6.45. The van der Waals surface area contributed by atoms with Gasteiger partial charge >= 0.3 is 0 Å². The number of anilines is 1. The van der Waals surface area contributed by atoms with E-state index >= 15 is 0 Å². The molecule has 3 aromatic rings. The van der Waals surface area contributed by atoms with E-state index in [1.165, 1.54) is 0 Å². The maximum Gasteiger partial charge on any atom is 0.191 e. The third-order valence-corrected chi connectivity index (χ3v) is 4.99. The fourth-order valence-electron chi connectivity index (χ4n) is 2.54. The van der Waals surface area contributed by atoms with E-state index in [2.05, 4.69) is 31.8 Å². The van der Waals surface area contributed by atoms with Gasteiger partial charge < -0.3 is 14.8 Å². The quantitative estimate of drug-likeness (QED) is 0.234. The van der Waals surface area contributed by atoms with E-state index in [4.69, 9.17) is 33.3 Å². The highest BCUT2D eigenvalue weighted by Crippen LogP contribution is 2.36. The van der Waals surface area contributed by atoms with Crippen molar-refractivity contribution < 1.29 is 9.47 Å². The number of ether oxygens (including phenoxy) is 2. The fraction of sp³-hybridized carbons (Fsp3) is 0.0909. The molecule has 154 valence electrons. The van der Waals surface area contributed by atoms with Gasteiger partial charge in [0.25, 0.3) is 0 Å². The summed E-state index contributed by atoms with van der Waals surface area (Å²) in [5.41, 5.74) is 5.49. The van der Waals surface area contributed by atoms with Crippen LogP contribution in [0.4, 0.5) is 5.69 Å². The molecule has 0 bridgehead atoms. The summed E-state index contributed by atoms with van der Waals surface area (Å²) in [5.74, 6) is 1.20. The summed E-state index contributed by atoms with van der Waals surface area (Å²) in [5, 5.41) is 8.31. The molecule has 5 nitrogen and oxygen atoms in total. The Hall–Kier alpha value is -2.61. The molecule has 3 aromatic carbocycles. The monoisotopic (exact) mass is 503 g/mol. The standard InChI is InChI=1S/C22H19BrClN3O2S/c1-28-20-12-16(13-25-27-22(30)26-18-5-3-2-4-6-18)11-19(23)21(20)29-14-15-7-9-17(24)10-8-15/h2-13H,14H2,1H3,(H2,26,27,30)/b25-13-. The Morgan fingerprint density at radius 2 is 1.87 bits per heavy atom. The van der Waals surface area contributed by atoms with Gasteiger partial charge in [0.15, 0.2) is 16.6 Å². The zero-order valence-electron chi connectivity index (χ0n) is 16.1. The number of rotatable bonds is 7. The van der Waals surface area contributed by atoms with Gasteiger partial charge in [-0.3, -0.25) is 5.43 Å². The van der Waals surface area contributed by atoms with Crippen molar-refractivity contribution in [3.63, 3.8) is 0 Å². The first kappa shape index (κ1) is 22.1. The average Bonchev–Trinajstić information content (AvgIpc) is 2.74. The lowest BCUT2D eigenvalue weighted by atomic mass is 10.2. The molecule has 0 aromatic heterocycles. The van der Waals surface area contributed by atoms with Crippen LogP contribution in [-0.2, 0) is 6.61 Å². The van der Waals surface area contributed by atoms with Gasteiger partial charge in [0.1, 0.15) is 6.61 Å². The summed E-state index contributed by atoms with van der Waals surface area (Å²) >= 11 is 14.7. The number of para-hydroxylation sites is 1. The van der Waals surface area contributed by atoms with Gasteiger partial charge in [-0.05, 0) is 75.7 Å². The summed E-state index contributed by atoms with van der Waals surface area (Å²) in [4.78, 5) is 0. The minimum absolute atomic E-state index is 0.389. The highest BCUT2D eigenvalue weighted by atomic mass is 79.9. The second-order valence-corrected chi connectivity index (χ2v) is 7.84. The van der Waals surface area contributed by atoms with Crippen molar-refractivity contribution in [2.45, 2.75) is 6.61 Å². The molecular formula is C22H19BrClN3O2S. The van der Waals surface area contributed by atoms with Crippen LogP contribution in [-0.4, -0.2) is 18.4 Å². The summed E-state index contributed by atoms with van der Waals surface area (Å²) in [6.45, 7) is 0.389. The number of hydrazone groups is 1. The van der Waals surface area contributed by atoms with E-state index in [0.29, 0.717) is 28.2 Å². The van der Waals surface area contributed by atoms with Crippen LogP contribution in [0.1, 0.15) is 11.1 Å². The lowest BCUT2D eigenvalue weighted by molar-refractivity contribution is 0.282. The minimum Gasteiger partial charge on any atom is -0.493 e. The van der Waals surface area contributed by atoms with Crippen molar-refractivity contribution in [2.24, 2.45) is 5.10 Å². The zero-order valence-corrected chi connectivity index (χ0v) is 19.2. The van der Waals surface area contributed by atoms with E-state index in [-0.39, 0.29) is 0 Å². The van der Waals surface area contributed by atoms with Gasteiger partial charge in [-0.15, -0.1) is 0 Å².